The van der Waals surface area contributed by atoms with E-state index in [9.17, 15) is 5.11 Å². The van der Waals surface area contributed by atoms with Crippen LogP contribution in [0.1, 0.15) is 25.5 Å². The normalized spacial score (nSPS) is 34.0. The topological polar surface area (TPSA) is 38.7 Å². The van der Waals surface area contributed by atoms with Gasteiger partial charge in [-0.3, -0.25) is 0 Å². The summed E-state index contributed by atoms with van der Waals surface area (Å²) in [5.41, 5.74) is 1.09. The highest BCUT2D eigenvalue weighted by molar-refractivity contribution is 5.29. The minimum absolute atomic E-state index is 0.0177. The Morgan fingerprint density at radius 1 is 1.19 bits per heavy atom. The van der Waals surface area contributed by atoms with Crippen molar-refractivity contribution in [3.63, 3.8) is 0 Å². The van der Waals surface area contributed by atoms with Crippen LogP contribution >= 0.6 is 0 Å². The molecule has 0 unspecified atom stereocenters. The number of rotatable bonds is 2. The van der Waals surface area contributed by atoms with Crippen LogP contribution in [0.25, 0.3) is 0 Å². The molecule has 1 aromatic carbocycles. The Morgan fingerprint density at radius 3 is 2.25 bits per heavy atom. The van der Waals surface area contributed by atoms with Crippen molar-refractivity contribution >= 4 is 0 Å². The van der Waals surface area contributed by atoms with E-state index in [1.54, 1.807) is 7.11 Å². The van der Waals surface area contributed by atoms with Gasteiger partial charge in [0, 0.05) is 5.92 Å². The lowest BCUT2D eigenvalue weighted by Gasteiger charge is -2.16. The van der Waals surface area contributed by atoms with Crippen molar-refractivity contribution in [3.05, 3.63) is 29.8 Å². The second kappa shape index (κ2) is 4.44. The molecule has 3 heteroatoms. The van der Waals surface area contributed by atoms with Crippen molar-refractivity contribution in [1.82, 2.24) is 0 Å². The van der Waals surface area contributed by atoms with Crippen molar-refractivity contribution in [1.29, 1.82) is 0 Å². The zero-order valence-electron chi connectivity index (χ0n) is 9.88. The smallest absolute Gasteiger partial charge is 0.118 e. The molecule has 1 aromatic rings. The zero-order valence-corrected chi connectivity index (χ0v) is 9.88. The van der Waals surface area contributed by atoms with E-state index < -0.39 is 0 Å². The predicted octanol–water partition coefficient (Wildman–Crippen LogP) is 2.15. The molecule has 88 valence electrons. The fraction of sp³-hybridized carbons (Fsp3) is 0.538. The Bertz CT molecular complexity index is 347. The Labute approximate surface area is 96.0 Å². The number of aliphatic hydroxyl groups excluding tert-OH is 1. The summed E-state index contributed by atoms with van der Waals surface area (Å²) in [5, 5.41) is 9.85. The molecule has 0 radical (unpaired) electrons. The molecule has 0 aromatic heterocycles. The van der Waals surface area contributed by atoms with Gasteiger partial charge in [0.2, 0.25) is 0 Å². The van der Waals surface area contributed by atoms with Crippen LogP contribution in [0.5, 0.6) is 5.75 Å². The molecule has 0 bridgehead atoms. The third-order valence-corrected chi connectivity index (χ3v) is 3.30. The molecule has 1 N–H and O–H groups in total. The average molecular weight is 222 g/mol. The molecule has 4 atom stereocenters. The Kier molecular flexibility index (Phi) is 3.17. The number of benzene rings is 1. The van der Waals surface area contributed by atoms with Gasteiger partial charge >= 0.3 is 0 Å². The van der Waals surface area contributed by atoms with E-state index in [-0.39, 0.29) is 24.2 Å². The first-order valence-electron chi connectivity index (χ1n) is 5.61. The Morgan fingerprint density at radius 2 is 1.81 bits per heavy atom. The number of hydrogen-bond donors (Lipinski definition) is 1. The van der Waals surface area contributed by atoms with Crippen molar-refractivity contribution in [2.24, 2.45) is 5.92 Å². The maximum absolute atomic E-state index is 9.85. The molecule has 0 saturated carbocycles. The molecule has 0 aliphatic carbocycles. The van der Waals surface area contributed by atoms with Crippen LogP contribution < -0.4 is 4.74 Å². The zero-order chi connectivity index (χ0) is 11.7. The van der Waals surface area contributed by atoms with Crippen LogP contribution in [0.3, 0.4) is 0 Å². The van der Waals surface area contributed by atoms with Gasteiger partial charge in [0.25, 0.3) is 0 Å². The number of ether oxygens (including phenoxy) is 2. The van der Waals surface area contributed by atoms with Crippen molar-refractivity contribution in [2.75, 3.05) is 7.11 Å². The molecule has 16 heavy (non-hydrogen) atoms. The number of methoxy groups -OCH3 is 1. The van der Waals surface area contributed by atoms with Gasteiger partial charge in [-0.05, 0) is 24.6 Å². The molecule has 1 heterocycles. The third-order valence-electron chi connectivity index (χ3n) is 3.30. The molecule has 3 nitrogen and oxygen atoms in total. The highest BCUT2D eigenvalue weighted by Gasteiger charge is 2.38. The first-order valence-corrected chi connectivity index (χ1v) is 5.61. The molecule has 1 fully saturated rings. The summed E-state index contributed by atoms with van der Waals surface area (Å²) in [6.07, 6.45) is -0.495. The lowest BCUT2D eigenvalue weighted by molar-refractivity contribution is 0.0214. The fourth-order valence-corrected chi connectivity index (χ4v) is 2.22. The second-order valence-corrected chi connectivity index (χ2v) is 4.38. The molecule has 1 saturated heterocycles. The minimum atomic E-state index is -0.382. The maximum atomic E-state index is 9.85. The monoisotopic (exact) mass is 222 g/mol. The standard InChI is InChI=1S/C13H18O3/c1-8-12(14)9(2)16-13(8)10-4-6-11(15-3)7-5-10/h4-9,12-14H,1-3H3/t8-,9-,12+,13-/m0/s1. The lowest BCUT2D eigenvalue weighted by Crippen LogP contribution is -2.21. The van der Waals surface area contributed by atoms with E-state index >= 15 is 0 Å². The van der Waals surface area contributed by atoms with E-state index in [1.807, 2.05) is 38.1 Å². The minimum Gasteiger partial charge on any atom is -0.497 e. The number of aliphatic hydroxyl groups is 1. The summed E-state index contributed by atoms with van der Waals surface area (Å²) < 4.78 is 10.9. The molecule has 2 rings (SSSR count). The Hall–Kier alpha value is -1.06. The Balaban J connectivity index is 2.18. The van der Waals surface area contributed by atoms with Gasteiger partial charge in [0.1, 0.15) is 5.75 Å². The summed E-state index contributed by atoms with van der Waals surface area (Å²) >= 11 is 0. The van der Waals surface area contributed by atoms with Gasteiger partial charge in [0.05, 0.1) is 25.4 Å². The number of hydrogen-bond acceptors (Lipinski definition) is 3. The van der Waals surface area contributed by atoms with E-state index in [2.05, 4.69) is 0 Å². The van der Waals surface area contributed by atoms with Gasteiger partial charge in [-0.25, -0.2) is 0 Å². The summed E-state index contributed by atoms with van der Waals surface area (Å²) in [6.45, 7) is 3.92. The van der Waals surface area contributed by atoms with Crippen LogP contribution in [0, 0.1) is 5.92 Å². The first kappa shape index (κ1) is 11.4. The van der Waals surface area contributed by atoms with Crippen LogP contribution in [0.4, 0.5) is 0 Å². The second-order valence-electron chi connectivity index (χ2n) is 4.38. The molecule has 0 amide bonds. The molecule has 1 aliphatic heterocycles. The van der Waals surface area contributed by atoms with Crippen LogP contribution in [-0.2, 0) is 4.74 Å². The van der Waals surface area contributed by atoms with Crippen LogP contribution in [0.2, 0.25) is 0 Å². The fourth-order valence-electron chi connectivity index (χ4n) is 2.22. The largest absolute Gasteiger partial charge is 0.497 e. The molecule has 1 aliphatic rings. The van der Waals surface area contributed by atoms with Crippen molar-refractivity contribution in [3.8, 4) is 5.75 Å². The summed E-state index contributed by atoms with van der Waals surface area (Å²) in [7, 11) is 1.65. The van der Waals surface area contributed by atoms with E-state index in [4.69, 9.17) is 9.47 Å². The lowest BCUT2D eigenvalue weighted by atomic mass is 9.94. The predicted molar refractivity (Wildman–Crippen MR) is 61.5 cm³/mol. The van der Waals surface area contributed by atoms with Gasteiger partial charge in [-0.15, -0.1) is 0 Å². The van der Waals surface area contributed by atoms with Crippen molar-refractivity contribution < 1.29 is 14.6 Å². The summed E-state index contributed by atoms with van der Waals surface area (Å²) in [5.74, 6) is 0.964. The summed E-state index contributed by atoms with van der Waals surface area (Å²) in [6, 6.07) is 7.82. The van der Waals surface area contributed by atoms with Gasteiger partial charge in [-0.1, -0.05) is 19.1 Å². The quantitative estimate of drug-likeness (QED) is 0.833. The maximum Gasteiger partial charge on any atom is 0.118 e. The van der Waals surface area contributed by atoms with E-state index in [1.165, 1.54) is 0 Å². The highest BCUT2D eigenvalue weighted by atomic mass is 16.5. The molecular formula is C13H18O3. The van der Waals surface area contributed by atoms with Gasteiger partial charge in [0.15, 0.2) is 0 Å². The first-order chi connectivity index (χ1) is 7.63. The third kappa shape index (κ3) is 1.93. The average Bonchev–Trinajstić information content (AvgIpc) is 2.57. The van der Waals surface area contributed by atoms with Crippen LogP contribution in [0.15, 0.2) is 24.3 Å². The highest BCUT2D eigenvalue weighted by Crippen LogP contribution is 2.38. The van der Waals surface area contributed by atoms with E-state index in [0.29, 0.717) is 0 Å². The van der Waals surface area contributed by atoms with Crippen molar-refractivity contribution in [2.45, 2.75) is 32.2 Å². The van der Waals surface area contributed by atoms with Gasteiger partial charge < -0.3 is 14.6 Å². The van der Waals surface area contributed by atoms with Crippen LogP contribution in [-0.4, -0.2) is 24.4 Å². The van der Waals surface area contributed by atoms with E-state index in [0.717, 1.165) is 11.3 Å². The van der Waals surface area contributed by atoms with Gasteiger partial charge in [-0.2, -0.15) is 0 Å². The molecule has 0 spiro atoms. The summed E-state index contributed by atoms with van der Waals surface area (Å²) in [4.78, 5) is 0. The molecular weight excluding hydrogens is 204 g/mol. The SMILES string of the molecule is COc1ccc([C@H]2O[C@@H](C)[C@H](O)[C@@H]2C)cc1.